The summed E-state index contributed by atoms with van der Waals surface area (Å²) < 4.78 is 19.5. The number of ether oxygens (including phenoxy) is 3. The van der Waals surface area contributed by atoms with Crippen molar-refractivity contribution in [2.45, 2.75) is 45.3 Å². The molecule has 1 aliphatic carbocycles. The summed E-state index contributed by atoms with van der Waals surface area (Å²) in [4.78, 5) is 0. The Hall–Kier alpha value is -2.80. The monoisotopic (exact) mass is 425 g/mol. The molecule has 3 aromatic rings. The Balaban J connectivity index is 1.48. The van der Waals surface area contributed by atoms with E-state index in [9.17, 15) is 0 Å². The number of H-pyrrole nitrogens is 1. The molecule has 1 aromatic heterocycles. The summed E-state index contributed by atoms with van der Waals surface area (Å²) in [7, 11) is 3.28. The fourth-order valence-corrected chi connectivity index (χ4v) is 4.24. The van der Waals surface area contributed by atoms with Crippen molar-refractivity contribution in [3.63, 3.8) is 0 Å². The molecular weight excluding hydrogens is 398 g/mol. The van der Waals surface area contributed by atoms with Gasteiger partial charge in [-0.05, 0) is 85.8 Å². The number of nitrogens with zero attached hydrogens (tertiary/aromatic N) is 2. The van der Waals surface area contributed by atoms with Crippen molar-refractivity contribution in [2.75, 3.05) is 14.2 Å². The van der Waals surface area contributed by atoms with E-state index in [2.05, 4.69) is 28.4 Å². The number of nitrogens with one attached hydrogen (secondary N) is 1. The second kappa shape index (κ2) is 8.92. The minimum absolute atomic E-state index is 0.220. The summed E-state index contributed by atoms with van der Waals surface area (Å²) in [5.74, 6) is 3.11. The molecule has 0 radical (unpaired) electrons. The summed E-state index contributed by atoms with van der Waals surface area (Å²) in [5.41, 5.74) is 3.97. The number of fused-ring (bicyclic) bond motifs is 1. The van der Waals surface area contributed by atoms with E-state index in [-0.39, 0.29) is 6.10 Å². The Morgan fingerprint density at radius 3 is 2.67 bits per heavy atom. The van der Waals surface area contributed by atoms with E-state index in [1.54, 1.807) is 14.2 Å². The van der Waals surface area contributed by atoms with Gasteiger partial charge in [-0.25, -0.2) is 0 Å². The van der Waals surface area contributed by atoms with Crippen LogP contribution in [0, 0.1) is 4.77 Å². The summed E-state index contributed by atoms with van der Waals surface area (Å²) in [6.45, 7) is 2.70. The van der Waals surface area contributed by atoms with Gasteiger partial charge < -0.3 is 18.8 Å². The first kappa shape index (κ1) is 20.5. The fourth-order valence-electron chi connectivity index (χ4n) is 4.01. The predicted molar refractivity (Wildman–Crippen MR) is 118 cm³/mol. The van der Waals surface area contributed by atoms with Gasteiger partial charge in [0.1, 0.15) is 5.75 Å². The molecule has 30 heavy (non-hydrogen) atoms. The summed E-state index contributed by atoms with van der Waals surface area (Å²) in [6, 6.07) is 12.3. The van der Waals surface area contributed by atoms with Gasteiger partial charge in [0, 0.05) is 6.54 Å². The first-order chi connectivity index (χ1) is 14.6. The number of benzene rings is 2. The van der Waals surface area contributed by atoms with Crippen LogP contribution >= 0.6 is 12.2 Å². The van der Waals surface area contributed by atoms with E-state index in [0.29, 0.717) is 11.3 Å². The number of aromatic amines is 1. The zero-order valence-electron chi connectivity index (χ0n) is 17.6. The van der Waals surface area contributed by atoms with Gasteiger partial charge in [-0.1, -0.05) is 12.1 Å². The molecule has 6 nitrogen and oxygen atoms in total. The maximum Gasteiger partial charge on any atom is 0.195 e. The van der Waals surface area contributed by atoms with Crippen LogP contribution in [0.15, 0.2) is 36.4 Å². The van der Waals surface area contributed by atoms with E-state index in [0.717, 1.165) is 41.5 Å². The number of hydrogen-bond acceptors (Lipinski definition) is 5. The van der Waals surface area contributed by atoms with Crippen LogP contribution in [0.5, 0.6) is 17.2 Å². The largest absolute Gasteiger partial charge is 0.493 e. The highest BCUT2D eigenvalue weighted by molar-refractivity contribution is 7.71. The molecule has 0 saturated heterocycles. The standard InChI is InChI=1S/C23H27N3O3S/c1-15(29-19-9-8-17-5-4-6-18(17)14-19)22-24-25-23(30)26(22)12-11-16-7-10-20(27-2)21(13-16)28-3/h7-10,13-15H,4-6,11-12H2,1-3H3,(H,25,30)/t15-/m0/s1. The van der Waals surface area contributed by atoms with Gasteiger partial charge in [-0.15, -0.1) is 0 Å². The highest BCUT2D eigenvalue weighted by Crippen LogP contribution is 2.29. The number of hydrogen-bond donors (Lipinski definition) is 1. The van der Waals surface area contributed by atoms with E-state index in [1.165, 1.54) is 24.0 Å². The SMILES string of the molecule is COc1ccc(CCn2c([C@H](C)Oc3ccc4c(c3)CCC4)n[nH]c2=S)cc1OC. The molecule has 158 valence electrons. The molecule has 4 rings (SSSR count). The van der Waals surface area contributed by atoms with E-state index >= 15 is 0 Å². The highest BCUT2D eigenvalue weighted by Gasteiger charge is 2.18. The summed E-state index contributed by atoms with van der Waals surface area (Å²) in [5, 5.41) is 7.35. The van der Waals surface area contributed by atoms with E-state index in [4.69, 9.17) is 26.4 Å². The Bertz CT molecular complexity index is 1090. The van der Waals surface area contributed by atoms with E-state index in [1.807, 2.05) is 29.7 Å². The van der Waals surface area contributed by atoms with Gasteiger partial charge in [0.2, 0.25) is 0 Å². The van der Waals surface area contributed by atoms with Crippen molar-refractivity contribution >= 4 is 12.2 Å². The van der Waals surface area contributed by atoms with Crippen LogP contribution in [0.3, 0.4) is 0 Å². The predicted octanol–water partition coefficient (Wildman–Crippen LogP) is 4.83. The van der Waals surface area contributed by atoms with Crippen molar-refractivity contribution in [3.8, 4) is 17.2 Å². The smallest absolute Gasteiger partial charge is 0.195 e. The van der Waals surface area contributed by atoms with Crippen LogP contribution in [0.4, 0.5) is 0 Å². The summed E-state index contributed by atoms with van der Waals surface area (Å²) in [6.07, 6.45) is 4.09. The quantitative estimate of drug-likeness (QED) is 0.524. The Morgan fingerprint density at radius 2 is 1.87 bits per heavy atom. The molecule has 0 spiro atoms. The lowest BCUT2D eigenvalue weighted by Gasteiger charge is -2.16. The first-order valence-corrected chi connectivity index (χ1v) is 10.6. The third kappa shape index (κ3) is 4.21. The number of aryl methyl sites for hydroxylation is 3. The third-order valence-corrected chi connectivity index (χ3v) is 5.92. The normalized spacial score (nSPS) is 13.7. The minimum atomic E-state index is -0.220. The van der Waals surface area contributed by atoms with Gasteiger partial charge >= 0.3 is 0 Å². The van der Waals surface area contributed by atoms with Gasteiger partial charge in [-0.3, -0.25) is 5.10 Å². The van der Waals surface area contributed by atoms with Crippen LogP contribution in [0.1, 0.15) is 42.0 Å². The van der Waals surface area contributed by atoms with Crippen molar-refractivity contribution in [1.82, 2.24) is 14.8 Å². The van der Waals surface area contributed by atoms with Crippen LogP contribution in [-0.2, 0) is 25.8 Å². The van der Waals surface area contributed by atoms with Gasteiger partial charge in [-0.2, -0.15) is 5.10 Å². The average Bonchev–Trinajstić information content (AvgIpc) is 3.37. The lowest BCUT2D eigenvalue weighted by Crippen LogP contribution is -2.13. The second-order valence-corrected chi connectivity index (χ2v) is 7.91. The van der Waals surface area contributed by atoms with Crippen molar-refractivity contribution in [1.29, 1.82) is 0 Å². The zero-order valence-corrected chi connectivity index (χ0v) is 18.4. The molecule has 1 N–H and O–H groups in total. The van der Waals surface area contributed by atoms with Crippen LogP contribution in [0.2, 0.25) is 0 Å². The van der Waals surface area contributed by atoms with Gasteiger partial charge in [0.25, 0.3) is 0 Å². The zero-order chi connectivity index (χ0) is 21.1. The third-order valence-electron chi connectivity index (χ3n) is 5.61. The van der Waals surface area contributed by atoms with Crippen LogP contribution < -0.4 is 14.2 Å². The van der Waals surface area contributed by atoms with Crippen molar-refractivity contribution in [2.24, 2.45) is 0 Å². The molecule has 2 aromatic carbocycles. The lowest BCUT2D eigenvalue weighted by molar-refractivity contribution is 0.210. The maximum atomic E-state index is 6.21. The Kier molecular flexibility index (Phi) is 6.08. The molecular formula is C23H27N3O3S. The molecule has 1 heterocycles. The molecule has 0 amide bonds. The second-order valence-electron chi connectivity index (χ2n) is 7.52. The molecule has 1 aliphatic rings. The number of methoxy groups -OCH3 is 2. The van der Waals surface area contributed by atoms with E-state index < -0.39 is 0 Å². The molecule has 0 bridgehead atoms. The van der Waals surface area contributed by atoms with Crippen molar-refractivity contribution in [3.05, 3.63) is 63.7 Å². The summed E-state index contributed by atoms with van der Waals surface area (Å²) >= 11 is 5.47. The van der Waals surface area contributed by atoms with Gasteiger partial charge in [0.05, 0.1) is 14.2 Å². The van der Waals surface area contributed by atoms with Crippen LogP contribution in [0.25, 0.3) is 0 Å². The number of rotatable bonds is 8. The van der Waals surface area contributed by atoms with Crippen molar-refractivity contribution < 1.29 is 14.2 Å². The Morgan fingerprint density at radius 1 is 1.07 bits per heavy atom. The Labute approximate surface area is 181 Å². The topological polar surface area (TPSA) is 61.3 Å². The van der Waals surface area contributed by atoms with Gasteiger partial charge in [0.15, 0.2) is 28.2 Å². The molecule has 0 fully saturated rings. The molecule has 0 aliphatic heterocycles. The lowest BCUT2D eigenvalue weighted by atomic mass is 10.1. The average molecular weight is 426 g/mol. The molecule has 0 saturated carbocycles. The molecule has 7 heteroatoms. The molecule has 1 atom stereocenters. The number of aromatic nitrogens is 3. The highest BCUT2D eigenvalue weighted by atomic mass is 32.1. The maximum absolute atomic E-state index is 6.21. The molecule has 0 unspecified atom stereocenters. The fraction of sp³-hybridized carbons (Fsp3) is 0.391. The minimum Gasteiger partial charge on any atom is -0.493 e. The van der Waals surface area contributed by atoms with Crippen LogP contribution in [-0.4, -0.2) is 29.0 Å². The first-order valence-electron chi connectivity index (χ1n) is 10.2.